The number of nitrogens with zero attached hydrogens (tertiary/aromatic N) is 2. The van der Waals surface area contributed by atoms with Crippen LogP contribution in [0.3, 0.4) is 0 Å². The molecule has 0 spiro atoms. The number of nitro groups is 1. The number of urea groups is 1. The van der Waals surface area contributed by atoms with E-state index in [2.05, 4.69) is 0 Å². The summed E-state index contributed by atoms with van der Waals surface area (Å²) in [6, 6.07) is 4.75. The first-order valence-corrected chi connectivity index (χ1v) is 6.81. The Kier molecular flexibility index (Phi) is 4.82. The van der Waals surface area contributed by atoms with Crippen molar-refractivity contribution in [2.24, 2.45) is 5.73 Å². The Balaban J connectivity index is 2.68. The zero-order valence-corrected chi connectivity index (χ0v) is 12.7. The number of nitrogens with two attached hydrogens (primary N) is 1. The first-order chi connectivity index (χ1) is 12.0. The van der Waals surface area contributed by atoms with Crippen LogP contribution in [-0.4, -0.2) is 22.0 Å². The molecule has 8 nitrogen and oxygen atoms in total. The lowest BCUT2D eigenvalue weighted by Crippen LogP contribution is -2.32. The molecule has 0 aliphatic carbocycles. The summed E-state index contributed by atoms with van der Waals surface area (Å²) in [5, 5.41) is 20.1. The third kappa shape index (κ3) is 3.71. The summed E-state index contributed by atoms with van der Waals surface area (Å²) in [7, 11) is 0. The molecule has 2 aromatic rings. The van der Waals surface area contributed by atoms with Crippen LogP contribution in [0.5, 0.6) is 0 Å². The molecule has 136 valence electrons. The highest BCUT2D eigenvalue weighted by Gasteiger charge is 2.32. The number of rotatable bonds is 4. The molecule has 0 fully saturated rings. The highest BCUT2D eigenvalue weighted by molar-refractivity contribution is 6.05. The fourth-order valence-corrected chi connectivity index (χ4v) is 2.21. The van der Waals surface area contributed by atoms with Crippen LogP contribution < -0.4 is 10.6 Å². The molecule has 0 heterocycles. The lowest BCUT2D eigenvalue weighted by Gasteiger charge is -2.23. The van der Waals surface area contributed by atoms with Crippen LogP contribution in [-0.2, 0) is 6.18 Å². The van der Waals surface area contributed by atoms with Crippen molar-refractivity contribution in [3.8, 4) is 0 Å². The van der Waals surface area contributed by atoms with Gasteiger partial charge in [-0.1, -0.05) is 6.07 Å². The molecule has 0 aliphatic heterocycles. The molecule has 0 unspecified atom stereocenters. The number of aromatic carboxylic acids is 1. The Morgan fingerprint density at radius 2 is 1.81 bits per heavy atom. The number of carboxylic acid groups (broad SMARTS) is 1. The largest absolute Gasteiger partial charge is 0.478 e. The number of carbonyl (C=O) groups is 2. The molecule has 0 radical (unpaired) electrons. The van der Waals surface area contributed by atoms with Gasteiger partial charge in [0.2, 0.25) is 0 Å². The summed E-state index contributed by atoms with van der Waals surface area (Å²) in [6.45, 7) is 0. The number of carbonyl (C=O) groups excluding carboxylic acids is 1. The van der Waals surface area contributed by atoms with Gasteiger partial charge >= 0.3 is 18.2 Å². The van der Waals surface area contributed by atoms with Crippen LogP contribution in [0.4, 0.5) is 35.0 Å². The molecular weight excluding hydrogens is 359 g/mol. The number of non-ortho nitro benzene ring substituents is 1. The third-order valence-electron chi connectivity index (χ3n) is 3.31. The van der Waals surface area contributed by atoms with E-state index in [9.17, 15) is 38.0 Å². The summed E-state index contributed by atoms with van der Waals surface area (Å²) < 4.78 is 38.6. The van der Waals surface area contributed by atoms with E-state index in [1.165, 1.54) is 0 Å². The van der Waals surface area contributed by atoms with Crippen LogP contribution in [0.25, 0.3) is 0 Å². The number of alkyl halides is 3. The monoisotopic (exact) mass is 369 g/mol. The number of benzene rings is 2. The predicted molar refractivity (Wildman–Crippen MR) is 83.2 cm³/mol. The molecule has 0 atom stereocenters. The first-order valence-electron chi connectivity index (χ1n) is 6.81. The molecule has 0 aliphatic rings. The molecule has 0 saturated heterocycles. The zero-order valence-electron chi connectivity index (χ0n) is 12.7. The highest BCUT2D eigenvalue weighted by atomic mass is 19.4. The van der Waals surface area contributed by atoms with Crippen LogP contribution in [0.2, 0.25) is 0 Å². The third-order valence-corrected chi connectivity index (χ3v) is 3.31. The van der Waals surface area contributed by atoms with E-state index in [0.29, 0.717) is 17.0 Å². The van der Waals surface area contributed by atoms with Crippen LogP contribution in [0.1, 0.15) is 15.9 Å². The fourth-order valence-electron chi connectivity index (χ4n) is 2.21. The maximum Gasteiger partial charge on any atom is 0.416 e. The number of halogens is 3. The smallest absolute Gasteiger partial charge is 0.416 e. The van der Waals surface area contributed by atoms with E-state index in [1.807, 2.05) is 0 Å². The van der Waals surface area contributed by atoms with E-state index in [4.69, 9.17) is 5.73 Å². The molecule has 2 rings (SSSR count). The number of hydrogen-bond acceptors (Lipinski definition) is 4. The van der Waals surface area contributed by atoms with Crippen molar-refractivity contribution in [2.45, 2.75) is 6.18 Å². The molecular formula is C15H10F3N3O5. The minimum Gasteiger partial charge on any atom is -0.478 e. The van der Waals surface area contributed by atoms with Gasteiger partial charge in [0.05, 0.1) is 27.4 Å². The quantitative estimate of drug-likeness (QED) is 0.630. The van der Waals surface area contributed by atoms with Crippen molar-refractivity contribution >= 4 is 29.1 Å². The van der Waals surface area contributed by atoms with E-state index in [1.54, 1.807) is 0 Å². The van der Waals surface area contributed by atoms with E-state index < -0.39 is 45.6 Å². The van der Waals surface area contributed by atoms with Gasteiger partial charge in [-0.15, -0.1) is 0 Å². The summed E-state index contributed by atoms with van der Waals surface area (Å²) in [5.74, 6) is -1.62. The average Bonchev–Trinajstić information content (AvgIpc) is 2.54. The number of hydrogen-bond donors (Lipinski definition) is 2. The molecule has 26 heavy (non-hydrogen) atoms. The minimum absolute atomic E-state index is 0.344. The molecule has 0 aromatic heterocycles. The summed E-state index contributed by atoms with van der Waals surface area (Å²) in [4.78, 5) is 33.7. The maximum absolute atomic E-state index is 12.9. The van der Waals surface area contributed by atoms with Gasteiger partial charge in [0.15, 0.2) is 0 Å². The highest BCUT2D eigenvalue weighted by Crippen LogP contribution is 2.35. The van der Waals surface area contributed by atoms with Gasteiger partial charge in [0, 0.05) is 12.1 Å². The second kappa shape index (κ2) is 6.70. The van der Waals surface area contributed by atoms with Crippen molar-refractivity contribution in [3.63, 3.8) is 0 Å². The van der Waals surface area contributed by atoms with Gasteiger partial charge in [-0.2, -0.15) is 13.2 Å². The topological polar surface area (TPSA) is 127 Å². The zero-order chi connectivity index (χ0) is 19.6. The van der Waals surface area contributed by atoms with Gasteiger partial charge in [-0.05, 0) is 24.3 Å². The maximum atomic E-state index is 12.9. The molecule has 11 heteroatoms. The Hall–Kier alpha value is -3.63. The van der Waals surface area contributed by atoms with Crippen molar-refractivity contribution in [1.82, 2.24) is 0 Å². The van der Waals surface area contributed by atoms with Crippen LogP contribution in [0.15, 0.2) is 42.5 Å². The van der Waals surface area contributed by atoms with Gasteiger partial charge in [0.25, 0.3) is 5.69 Å². The first kappa shape index (κ1) is 18.7. The number of primary amides is 1. The van der Waals surface area contributed by atoms with Crippen molar-refractivity contribution in [3.05, 3.63) is 63.7 Å². The number of amides is 2. The molecule has 0 saturated carbocycles. The summed E-state index contributed by atoms with van der Waals surface area (Å²) in [5.41, 5.74) is 2.13. The average molecular weight is 369 g/mol. The Morgan fingerprint density at radius 3 is 2.31 bits per heavy atom. The van der Waals surface area contributed by atoms with Crippen molar-refractivity contribution < 1.29 is 32.8 Å². The lowest BCUT2D eigenvalue weighted by atomic mass is 10.1. The van der Waals surface area contributed by atoms with E-state index in [-0.39, 0.29) is 5.69 Å². The van der Waals surface area contributed by atoms with Gasteiger partial charge in [0.1, 0.15) is 0 Å². The Morgan fingerprint density at radius 1 is 1.15 bits per heavy atom. The van der Waals surface area contributed by atoms with Crippen LogP contribution >= 0.6 is 0 Å². The SMILES string of the molecule is NC(=O)N(c1cccc(C(F)(F)F)c1)c1ccc([N+](=O)[O-])cc1C(=O)O. The summed E-state index contributed by atoms with van der Waals surface area (Å²) in [6.07, 6.45) is -4.70. The fraction of sp³-hybridized carbons (Fsp3) is 0.0667. The number of carboxylic acids is 1. The summed E-state index contributed by atoms with van der Waals surface area (Å²) >= 11 is 0. The number of anilines is 2. The van der Waals surface area contributed by atoms with Crippen LogP contribution in [0, 0.1) is 10.1 Å². The predicted octanol–water partition coefficient (Wildman–Crippen LogP) is 3.53. The van der Waals surface area contributed by atoms with Crippen molar-refractivity contribution in [1.29, 1.82) is 0 Å². The lowest BCUT2D eigenvalue weighted by molar-refractivity contribution is -0.384. The second-order valence-corrected chi connectivity index (χ2v) is 4.99. The molecule has 2 amide bonds. The number of nitro benzene ring substituents is 1. The standard InChI is InChI=1S/C15H10F3N3O5/c16-15(17,18)8-2-1-3-9(6-8)20(14(19)24)12-5-4-10(21(25)26)7-11(12)13(22)23/h1-7H,(H2,19,24)(H,22,23). The minimum atomic E-state index is -4.70. The second-order valence-electron chi connectivity index (χ2n) is 4.99. The van der Waals surface area contributed by atoms with Gasteiger partial charge < -0.3 is 10.8 Å². The Bertz CT molecular complexity index is 898. The Labute approximate surface area is 143 Å². The van der Waals surface area contributed by atoms with E-state index in [0.717, 1.165) is 30.3 Å². The molecule has 3 N–H and O–H groups in total. The molecule has 2 aromatic carbocycles. The van der Waals surface area contributed by atoms with Gasteiger partial charge in [-0.3, -0.25) is 15.0 Å². The normalized spacial score (nSPS) is 11.0. The van der Waals surface area contributed by atoms with Gasteiger partial charge in [-0.25, -0.2) is 9.59 Å². The van der Waals surface area contributed by atoms with E-state index >= 15 is 0 Å². The van der Waals surface area contributed by atoms with Crippen molar-refractivity contribution in [2.75, 3.05) is 4.90 Å². The molecule has 0 bridgehead atoms.